The molecule has 2 fully saturated rings. The van der Waals surface area contributed by atoms with Gasteiger partial charge in [-0.2, -0.15) is 0 Å². The second kappa shape index (κ2) is 4.49. The van der Waals surface area contributed by atoms with Gasteiger partial charge in [0.2, 0.25) is 0 Å². The highest BCUT2D eigenvalue weighted by Crippen LogP contribution is 2.39. The number of thioether (sulfide) groups is 1. The predicted octanol–water partition coefficient (Wildman–Crippen LogP) is 3.27. The molecule has 0 radical (unpaired) electrons. The van der Waals surface area contributed by atoms with Gasteiger partial charge in [0.15, 0.2) is 0 Å². The van der Waals surface area contributed by atoms with Crippen LogP contribution in [0.5, 0.6) is 0 Å². The van der Waals surface area contributed by atoms with E-state index in [1.165, 1.54) is 40.9 Å². The molecular weight excluding hydrogens is 276 g/mol. The molecule has 0 spiro atoms. The van der Waals surface area contributed by atoms with Gasteiger partial charge in [-0.25, -0.2) is 0 Å². The van der Waals surface area contributed by atoms with Gasteiger partial charge in [0.05, 0.1) is 4.91 Å². The highest BCUT2D eigenvalue weighted by molar-refractivity contribution is 8.26. The van der Waals surface area contributed by atoms with Gasteiger partial charge in [-0.1, -0.05) is 24.0 Å². The lowest BCUT2D eigenvalue weighted by Gasteiger charge is -2.06. The molecule has 1 aromatic heterocycles. The lowest BCUT2D eigenvalue weighted by Crippen LogP contribution is -2.22. The fourth-order valence-corrected chi connectivity index (χ4v) is 3.70. The molecule has 1 aliphatic carbocycles. The molecule has 100 valence electrons. The molecule has 1 amide bonds. The third-order valence-corrected chi connectivity index (χ3v) is 5.19. The maximum atomic E-state index is 12.0. The molecule has 2 aliphatic rings. The smallest absolute Gasteiger partial charge is 0.265 e. The normalized spacial score (nSPS) is 21.8. The Kier molecular flexibility index (Phi) is 3.06. The van der Waals surface area contributed by atoms with Crippen LogP contribution in [0.15, 0.2) is 11.0 Å². The summed E-state index contributed by atoms with van der Waals surface area (Å²) in [6.07, 6.45) is 4.52. The summed E-state index contributed by atoms with van der Waals surface area (Å²) in [7, 11) is 1.73. The zero-order valence-electron chi connectivity index (χ0n) is 11.3. The summed E-state index contributed by atoms with van der Waals surface area (Å²) in [6.45, 7) is 4.26. The van der Waals surface area contributed by atoms with E-state index in [2.05, 4.69) is 24.5 Å². The number of aryl methyl sites for hydroxylation is 1. The van der Waals surface area contributed by atoms with Gasteiger partial charge in [0, 0.05) is 24.5 Å². The number of likely N-dealkylation sites (N-methyl/N-ethyl adjacent to an activating group) is 1. The van der Waals surface area contributed by atoms with Crippen LogP contribution in [0.4, 0.5) is 0 Å². The van der Waals surface area contributed by atoms with Gasteiger partial charge in [-0.05, 0) is 44.4 Å². The van der Waals surface area contributed by atoms with Crippen LogP contribution in [0.3, 0.4) is 0 Å². The summed E-state index contributed by atoms with van der Waals surface area (Å²) in [5.41, 5.74) is 3.66. The quantitative estimate of drug-likeness (QED) is 0.618. The number of carbonyl (C=O) groups is 1. The van der Waals surface area contributed by atoms with Crippen molar-refractivity contribution in [2.24, 2.45) is 0 Å². The van der Waals surface area contributed by atoms with Gasteiger partial charge in [0.25, 0.3) is 5.91 Å². The van der Waals surface area contributed by atoms with Crippen LogP contribution in [0.2, 0.25) is 0 Å². The average molecular weight is 292 g/mol. The summed E-state index contributed by atoms with van der Waals surface area (Å²) >= 11 is 6.53. The van der Waals surface area contributed by atoms with Crippen LogP contribution in [-0.4, -0.2) is 26.7 Å². The Morgan fingerprint density at radius 3 is 2.63 bits per heavy atom. The molecule has 0 unspecified atom stereocenters. The Balaban J connectivity index is 1.98. The van der Waals surface area contributed by atoms with E-state index in [0.29, 0.717) is 10.4 Å². The van der Waals surface area contributed by atoms with Gasteiger partial charge in [0.1, 0.15) is 4.32 Å². The Bertz CT molecular complexity index is 611. The first kappa shape index (κ1) is 12.9. The summed E-state index contributed by atoms with van der Waals surface area (Å²) in [5, 5.41) is 0. The Labute approximate surface area is 122 Å². The van der Waals surface area contributed by atoms with Crippen molar-refractivity contribution >= 4 is 40.3 Å². The molecule has 0 bridgehead atoms. The molecule has 0 atom stereocenters. The molecule has 1 aliphatic heterocycles. The van der Waals surface area contributed by atoms with Crippen molar-refractivity contribution in [2.75, 3.05) is 7.05 Å². The van der Waals surface area contributed by atoms with E-state index in [0.717, 1.165) is 10.5 Å². The second-order valence-corrected chi connectivity index (χ2v) is 6.84. The van der Waals surface area contributed by atoms with Crippen LogP contribution >= 0.6 is 24.0 Å². The van der Waals surface area contributed by atoms with Gasteiger partial charge in [-0.3, -0.25) is 9.69 Å². The number of thiocarbonyl (C=S) groups is 1. The summed E-state index contributed by atoms with van der Waals surface area (Å²) in [5.74, 6) is 0.00576. The molecule has 0 aromatic carbocycles. The monoisotopic (exact) mass is 292 g/mol. The highest BCUT2D eigenvalue weighted by Gasteiger charge is 2.30. The largest absolute Gasteiger partial charge is 0.346 e. The van der Waals surface area contributed by atoms with Crippen molar-refractivity contribution < 1.29 is 4.79 Å². The Hall–Kier alpha value is -1.07. The number of amides is 1. The number of hydrogen-bond donors (Lipinski definition) is 0. The number of rotatable bonds is 2. The van der Waals surface area contributed by atoms with Crippen molar-refractivity contribution in [3.63, 3.8) is 0 Å². The number of hydrogen-bond acceptors (Lipinski definition) is 3. The number of carbonyl (C=O) groups excluding carboxylic acids is 1. The Morgan fingerprint density at radius 2 is 2.11 bits per heavy atom. The van der Waals surface area contributed by atoms with E-state index in [1.807, 2.05) is 6.08 Å². The maximum Gasteiger partial charge on any atom is 0.265 e. The zero-order chi connectivity index (χ0) is 13.7. The molecule has 3 rings (SSSR count). The topological polar surface area (TPSA) is 25.2 Å². The molecule has 19 heavy (non-hydrogen) atoms. The van der Waals surface area contributed by atoms with Crippen LogP contribution in [-0.2, 0) is 4.79 Å². The molecule has 0 N–H and O–H groups in total. The van der Waals surface area contributed by atoms with Gasteiger partial charge >= 0.3 is 0 Å². The Morgan fingerprint density at radius 1 is 1.42 bits per heavy atom. The molecule has 2 heterocycles. The van der Waals surface area contributed by atoms with E-state index < -0.39 is 0 Å². The number of nitrogens with zero attached hydrogens (tertiary/aromatic N) is 2. The standard InChI is InChI=1S/C14H16N2OS2/c1-8-6-10(9(2)16(8)11-4-5-11)7-12-13(17)15(3)14(18)19-12/h6-7,11H,4-5H2,1-3H3/b12-7-. The van der Waals surface area contributed by atoms with Crippen LogP contribution in [0, 0.1) is 13.8 Å². The minimum Gasteiger partial charge on any atom is -0.346 e. The van der Waals surface area contributed by atoms with E-state index in [1.54, 1.807) is 7.05 Å². The first-order valence-electron chi connectivity index (χ1n) is 6.39. The lowest BCUT2D eigenvalue weighted by atomic mass is 10.2. The second-order valence-electron chi connectivity index (χ2n) is 5.17. The number of aromatic nitrogens is 1. The molecule has 5 heteroatoms. The molecule has 3 nitrogen and oxygen atoms in total. The summed E-state index contributed by atoms with van der Waals surface area (Å²) in [6, 6.07) is 2.83. The SMILES string of the molecule is Cc1cc(/C=C2\SC(=S)N(C)C2=O)c(C)n1C1CC1. The molecule has 1 aromatic rings. The highest BCUT2D eigenvalue weighted by atomic mass is 32.2. The van der Waals surface area contributed by atoms with Gasteiger partial charge in [-0.15, -0.1) is 0 Å². The van der Waals surface area contributed by atoms with E-state index >= 15 is 0 Å². The van der Waals surface area contributed by atoms with Crippen molar-refractivity contribution in [2.45, 2.75) is 32.7 Å². The van der Waals surface area contributed by atoms with Gasteiger partial charge < -0.3 is 4.57 Å². The van der Waals surface area contributed by atoms with Crippen LogP contribution < -0.4 is 0 Å². The van der Waals surface area contributed by atoms with Crippen molar-refractivity contribution in [1.82, 2.24) is 9.47 Å². The van der Waals surface area contributed by atoms with E-state index in [4.69, 9.17) is 12.2 Å². The summed E-state index contributed by atoms with van der Waals surface area (Å²) < 4.78 is 3.02. The fourth-order valence-electron chi connectivity index (χ4n) is 2.53. The van der Waals surface area contributed by atoms with Crippen LogP contribution in [0.25, 0.3) is 6.08 Å². The third-order valence-electron chi connectivity index (χ3n) is 3.71. The summed E-state index contributed by atoms with van der Waals surface area (Å²) in [4.78, 5) is 14.3. The maximum absolute atomic E-state index is 12.0. The predicted molar refractivity (Wildman–Crippen MR) is 83.1 cm³/mol. The van der Waals surface area contributed by atoms with Crippen molar-refractivity contribution in [3.8, 4) is 0 Å². The minimum absolute atomic E-state index is 0.00576. The first-order valence-corrected chi connectivity index (χ1v) is 7.61. The van der Waals surface area contributed by atoms with Crippen molar-refractivity contribution in [1.29, 1.82) is 0 Å². The zero-order valence-corrected chi connectivity index (χ0v) is 12.9. The molecule has 1 saturated carbocycles. The molecule has 1 saturated heterocycles. The third kappa shape index (κ3) is 2.15. The van der Waals surface area contributed by atoms with E-state index in [9.17, 15) is 4.79 Å². The minimum atomic E-state index is 0.00576. The van der Waals surface area contributed by atoms with E-state index in [-0.39, 0.29) is 5.91 Å². The fraction of sp³-hybridized carbons (Fsp3) is 0.429. The first-order chi connectivity index (χ1) is 8.99. The lowest BCUT2D eigenvalue weighted by molar-refractivity contribution is -0.121. The van der Waals surface area contributed by atoms with Crippen molar-refractivity contribution in [3.05, 3.63) is 27.9 Å². The van der Waals surface area contributed by atoms with Crippen LogP contribution in [0.1, 0.15) is 35.8 Å². The molecular formula is C14H16N2OS2. The average Bonchev–Trinajstić information content (AvgIpc) is 3.11.